The van der Waals surface area contributed by atoms with Crippen molar-refractivity contribution in [2.75, 3.05) is 9.80 Å². The molecular weight excluding hydrogens is 871 g/mol. The standard InChI is InChI=1S/C69H47N3/c1-5-24-53(25-6-1)70(54-26-7-2-8-27-54)57-39-41-64-61(46-57)62-47-58(71(55-28-9-3-10-29-55)66-35-19-23-49-21-15-16-32-59(49)66)40-42-65(62)69(64,51-37-36-48-20-13-14-22-50(48)44-51)52-38-43-68-63(45-52)60-33-17-18-34-67(60)72(68)56-30-11-4-12-31-56/h1-47H/i13D,14D,20D,22D,36D,37D,44D. The van der Waals surface area contributed by atoms with Crippen molar-refractivity contribution < 1.29 is 9.60 Å². The van der Waals surface area contributed by atoms with Crippen molar-refractivity contribution in [1.29, 1.82) is 0 Å². The fraction of sp³-hybridized carbons (Fsp3) is 0.0145. The second-order valence-corrected chi connectivity index (χ2v) is 18.3. The highest BCUT2D eigenvalue weighted by Crippen LogP contribution is 2.59. The Labute approximate surface area is 429 Å². The summed E-state index contributed by atoms with van der Waals surface area (Å²) in [7, 11) is 0. The van der Waals surface area contributed by atoms with Gasteiger partial charge < -0.3 is 14.4 Å². The van der Waals surface area contributed by atoms with Gasteiger partial charge in [-0.15, -0.1) is 0 Å². The first-order valence-electron chi connectivity index (χ1n) is 27.8. The maximum Gasteiger partial charge on any atom is 0.0714 e. The molecule has 72 heavy (non-hydrogen) atoms. The molecule has 0 saturated carbocycles. The van der Waals surface area contributed by atoms with E-state index in [1.54, 1.807) is 0 Å². The Morgan fingerprint density at radius 2 is 0.889 bits per heavy atom. The molecule has 1 heterocycles. The zero-order chi connectivity index (χ0) is 53.7. The number of fused-ring (bicyclic) bond motifs is 8. The first-order valence-corrected chi connectivity index (χ1v) is 24.3. The van der Waals surface area contributed by atoms with Gasteiger partial charge in [-0.1, -0.05) is 182 Å². The molecule has 1 aliphatic rings. The third-order valence-corrected chi connectivity index (χ3v) is 14.4. The van der Waals surface area contributed by atoms with E-state index in [1.807, 2.05) is 84.9 Å². The van der Waals surface area contributed by atoms with Crippen LogP contribution in [0.5, 0.6) is 0 Å². The lowest BCUT2D eigenvalue weighted by atomic mass is 9.67. The van der Waals surface area contributed by atoms with Gasteiger partial charge in [0.2, 0.25) is 0 Å². The van der Waals surface area contributed by atoms with Crippen LogP contribution in [0.4, 0.5) is 34.1 Å². The van der Waals surface area contributed by atoms with Crippen molar-refractivity contribution in [1.82, 2.24) is 4.57 Å². The van der Waals surface area contributed by atoms with Crippen LogP contribution in [0, 0.1) is 0 Å². The van der Waals surface area contributed by atoms with Crippen LogP contribution >= 0.6 is 0 Å². The molecule has 3 heteroatoms. The van der Waals surface area contributed by atoms with E-state index < -0.39 is 29.6 Å². The molecule has 13 aromatic rings. The Morgan fingerprint density at radius 3 is 1.57 bits per heavy atom. The molecule has 0 amide bonds. The average Bonchev–Trinajstić information content (AvgIpc) is 2.47. The van der Waals surface area contributed by atoms with Crippen LogP contribution in [0.1, 0.15) is 31.8 Å². The summed E-state index contributed by atoms with van der Waals surface area (Å²) in [4.78, 5) is 4.50. The SMILES string of the molecule is [2H]c1c([2H])c([2H])c2c([2H])c(C3(c4ccc5c(c4)c4ccccc4n5-c4ccccc4)c4ccc(N(c5ccccc5)c5ccccc5)cc4-c4cc(N(c5ccccc5)c5cccc6ccccc56)ccc43)c([2H])c([2H])c2c1[2H]. The van der Waals surface area contributed by atoms with Crippen molar-refractivity contribution in [3.63, 3.8) is 0 Å². The van der Waals surface area contributed by atoms with Crippen LogP contribution in [0.25, 0.3) is 60.2 Å². The zero-order valence-electron chi connectivity index (χ0n) is 45.9. The molecule has 0 saturated heterocycles. The maximum atomic E-state index is 10.5. The van der Waals surface area contributed by atoms with Gasteiger partial charge in [0, 0.05) is 50.3 Å². The highest BCUT2D eigenvalue weighted by atomic mass is 15.1. The number of hydrogen-bond donors (Lipinski definition) is 0. The van der Waals surface area contributed by atoms with Crippen LogP contribution in [0.3, 0.4) is 0 Å². The summed E-state index contributed by atoms with van der Waals surface area (Å²) in [5.41, 5.74) is 11.1. The van der Waals surface area contributed by atoms with Crippen molar-refractivity contribution >= 4 is 77.5 Å². The fourth-order valence-corrected chi connectivity index (χ4v) is 11.4. The van der Waals surface area contributed by atoms with Crippen LogP contribution in [-0.4, -0.2) is 4.57 Å². The smallest absolute Gasteiger partial charge is 0.0714 e. The lowest BCUT2D eigenvalue weighted by Crippen LogP contribution is -2.28. The topological polar surface area (TPSA) is 11.4 Å². The van der Waals surface area contributed by atoms with E-state index in [0.717, 1.165) is 100 Å². The lowest BCUT2D eigenvalue weighted by Gasteiger charge is -2.35. The first-order chi connectivity index (χ1) is 38.6. The van der Waals surface area contributed by atoms with Gasteiger partial charge >= 0.3 is 0 Å². The molecule has 1 atom stereocenters. The van der Waals surface area contributed by atoms with Crippen molar-refractivity contribution in [2.45, 2.75) is 5.41 Å². The first kappa shape index (κ1) is 34.8. The molecule has 0 bridgehead atoms. The predicted molar refractivity (Wildman–Crippen MR) is 302 cm³/mol. The van der Waals surface area contributed by atoms with Gasteiger partial charge in [-0.3, -0.25) is 0 Å². The van der Waals surface area contributed by atoms with Crippen LogP contribution in [0.15, 0.2) is 285 Å². The van der Waals surface area contributed by atoms with Crippen molar-refractivity contribution in [3.05, 3.63) is 307 Å². The minimum Gasteiger partial charge on any atom is -0.310 e. The average molecular weight is 925 g/mol. The largest absolute Gasteiger partial charge is 0.310 e. The maximum absolute atomic E-state index is 10.5. The third kappa shape index (κ3) is 6.52. The van der Waals surface area contributed by atoms with Crippen LogP contribution in [0.2, 0.25) is 0 Å². The minimum absolute atomic E-state index is 0.100. The van der Waals surface area contributed by atoms with Crippen LogP contribution in [-0.2, 0) is 5.41 Å². The van der Waals surface area contributed by atoms with E-state index in [0.29, 0.717) is 0 Å². The van der Waals surface area contributed by atoms with Crippen molar-refractivity contribution in [2.24, 2.45) is 0 Å². The normalized spacial score (nSPS) is 15.2. The number of nitrogens with zero attached hydrogens (tertiary/aromatic N) is 3. The number of aromatic nitrogens is 1. The second kappa shape index (κ2) is 16.9. The van der Waals surface area contributed by atoms with Gasteiger partial charge in [0.25, 0.3) is 0 Å². The summed E-state index contributed by atoms with van der Waals surface area (Å²) in [5, 5.41) is 3.85. The number of benzene rings is 12. The highest BCUT2D eigenvalue weighted by Gasteiger charge is 2.47. The van der Waals surface area contributed by atoms with Crippen molar-refractivity contribution in [3.8, 4) is 16.8 Å². The second-order valence-electron chi connectivity index (χ2n) is 18.3. The van der Waals surface area contributed by atoms with E-state index in [1.165, 1.54) is 0 Å². The number of rotatable bonds is 9. The van der Waals surface area contributed by atoms with E-state index >= 15 is 0 Å². The minimum atomic E-state index is -1.51. The molecule has 1 unspecified atom stereocenters. The van der Waals surface area contributed by atoms with E-state index in [9.17, 15) is 5.48 Å². The Bertz CT molecular complexity index is 4540. The molecule has 0 N–H and O–H groups in total. The highest BCUT2D eigenvalue weighted by molar-refractivity contribution is 6.10. The molecule has 0 aliphatic heterocycles. The summed E-state index contributed by atoms with van der Waals surface area (Å²) in [6, 6.07) is 80.5. The third-order valence-electron chi connectivity index (χ3n) is 14.4. The summed E-state index contributed by atoms with van der Waals surface area (Å²) >= 11 is 0. The number of hydrogen-bond acceptors (Lipinski definition) is 2. The molecule has 0 spiro atoms. The molecular formula is C69H47N3. The fourth-order valence-electron chi connectivity index (χ4n) is 11.4. The van der Waals surface area contributed by atoms with Gasteiger partial charge in [0.1, 0.15) is 0 Å². The molecule has 338 valence electrons. The predicted octanol–water partition coefficient (Wildman–Crippen LogP) is 18.4. The Kier molecular flexibility index (Phi) is 8.17. The van der Waals surface area contributed by atoms with Gasteiger partial charge in [-0.05, 0) is 153 Å². The molecule has 12 aromatic carbocycles. The zero-order valence-corrected chi connectivity index (χ0v) is 38.9. The van der Waals surface area contributed by atoms with Crippen LogP contribution < -0.4 is 9.80 Å². The monoisotopic (exact) mass is 924 g/mol. The summed E-state index contributed by atoms with van der Waals surface area (Å²) in [6.45, 7) is 0. The molecule has 3 nitrogen and oxygen atoms in total. The Morgan fingerprint density at radius 1 is 0.347 bits per heavy atom. The molecule has 1 aliphatic carbocycles. The number of anilines is 6. The van der Waals surface area contributed by atoms with E-state index in [-0.39, 0.29) is 34.5 Å². The van der Waals surface area contributed by atoms with E-state index in [2.05, 4.69) is 172 Å². The van der Waals surface area contributed by atoms with Gasteiger partial charge in [-0.2, -0.15) is 0 Å². The van der Waals surface area contributed by atoms with Gasteiger partial charge in [0.05, 0.1) is 31.7 Å². The molecule has 14 rings (SSSR count). The molecule has 1 aromatic heterocycles. The quantitative estimate of drug-likeness (QED) is 0.143. The molecule has 0 radical (unpaired) electrons. The Hall–Kier alpha value is -9.44. The summed E-state index contributed by atoms with van der Waals surface area (Å²) < 4.78 is 69.0. The lowest BCUT2D eigenvalue weighted by molar-refractivity contribution is 0.771. The summed E-state index contributed by atoms with van der Waals surface area (Å²) in [6.07, 6.45) is 0. The molecule has 0 fully saturated rings. The summed E-state index contributed by atoms with van der Waals surface area (Å²) in [5.74, 6) is 0. The Balaban J connectivity index is 1.15. The van der Waals surface area contributed by atoms with E-state index in [4.69, 9.17) is 4.11 Å². The van der Waals surface area contributed by atoms with Gasteiger partial charge in [0.15, 0.2) is 0 Å². The van der Waals surface area contributed by atoms with Gasteiger partial charge in [-0.25, -0.2) is 0 Å². The number of para-hydroxylation sites is 5.